The molecule has 178 valence electrons. The van der Waals surface area contributed by atoms with E-state index >= 15 is 0 Å². The van der Waals surface area contributed by atoms with E-state index in [2.05, 4.69) is 8.37 Å². The van der Waals surface area contributed by atoms with Gasteiger partial charge in [-0.25, -0.2) is 8.37 Å². The molecule has 1 aromatic rings. The van der Waals surface area contributed by atoms with Gasteiger partial charge in [0.05, 0.1) is 18.3 Å². The van der Waals surface area contributed by atoms with E-state index in [-0.39, 0.29) is 35.1 Å². The summed E-state index contributed by atoms with van der Waals surface area (Å²) in [4.78, 5) is 0. The number of methoxy groups -OCH3 is 1. The zero-order valence-corrected chi connectivity index (χ0v) is 20.6. The molecule has 2 rings (SSSR count). The topological polar surface area (TPSA) is 155 Å². The van der Waals surface area contributed by atoms with Crippen molar-refractivity contribution in [2.45, 2.75) is 50.4 Å². The second-order valence-corrected chi connectivity index (χ2v) is 8.49. The van der Waals surface area contributed by atoms with Gasteiger partial charge in [-0.3, -0.25) is 9.11 Å². The largest absolute Gasteiger partial charge is 1.00 e. The summed E-state index contributed by atoms with van der Waals surface area (Å²) in [5, 5.41) is 0. The SMILES string of the molecule is CO[C@@H]1O[C@@H](C)[C@H](OCc2cccc(C(F)(F)F)c2)[C@@H](OS(=O)(=O)O)[C@H]1OS(=O)(=O)O.[Na+]. The molecular weight excluding hydrogens is 500 g/mol. The molecular formula is C15H19F3NaO11S2+. The van der Waals surface area contributed by atoms with Crippen LogP contribution in [0.5, 0.6) is 0 Å². The van der Waals surface area contributed by atoms with Crippen LogP contribution in [0.1, 0.15) is 18.1 Å². The first-order valence-electron chi connectivity index (χ1n) is 8.38. The number of benzene rings is 1. The summed E-state index contributed by atoms with van der Waals surface area (Å²) in [6.07, 6.45) is -12.7. The molecule has 0 aliphatic carbocycles. The van der Waals surface area contributed by atoms with Crippen LogP contribution >= 0.6 is 0 Å². The third kappa shape index (κ3) is 8.77. The fourth-order valence-electron chi connectivity index (χ4n) is 2.92. The normalized spacial score (nSPS) is 27.0. The van der Waals surface area contributed by atoms with Crippen LogP contribution < -0.4 is 29.6 Å². The maximum atomic E-state index is 12.9. The molecule has 1 aromatic carbocycles. The van der Waals surface area contributed by atoms with E-state index in [1.165, 1.54) is 13.0 Å². The summed E-state index contributed by atoms with van der Waals surface area (Å²) in [5.74, 6) is 0. The summed E-state index contributed by atoms with van der Waals surface area (Å²) in [5.41, 5.74) is -0.923. The fourth-order valence-corrected chi connectivity index (χ4v) is 3.90. The van der Waals surface area contributed by atoms with Gasteiger partial charge in [0.2, 0.25) is 0 Å². The van der Waals surface area contributed by atoms with E-state index < -0.39 is 69.9 Å². The molecule has 0 bridgehead atoms. The van der Waals surface area contributed by atoms with Crippen LogP contribution in [-0.4, -0.2) is 63.8 Å². The average molecular weight is 519 g/mol. The van der Waals surface area contributed by atoms with Gasteiger partial charge in [0.1, 0.15) is 12.2 Å². The van der Waals surface area contributed by atoms with Crippen LogP contribution in [0, 0.1) is 0 Å². The van der Waals surface area contributed by atoms with Crippen molar-refractivity contribution in [3.05, 3.63) is 35.4 Å². The fraction of sp³-hybridized carbons (Fsp3) is 0.600. The predicted octanol–water partition coefficient (Wildman–Crippen LogP) is -1.64. The Labute approximate surface area is 204 Å². The van der Waals surface area contributed by atoms with E-state index in [1.807, 2.05) is 0 Å². The van der Waals surface area contributed by atoms with Crippen molar-refractivity contribution in [3.63, 3.8) is 0 Å². The van der Waals surface area contributed by atoms with E-state index in [0.29, 0.717) is 0 Å². The summed E-state index contributed by atoms with van der Waals surface area (Å²) in [7, 11) is -9.34. The monoisotopic (exact) mass is 519 g/mol. The van der Waals surface area contributed by atoms with Crippen molar-refractivity contribution in [3.8, 4) is 0 Å². The van der Waals surface area contributed by atoms with Crippen molar-refractivity contribution in [2.75, 3.05) is 7.11 Å². The Morgan fingerprint density at radius 3 is 2.09 bits per heavy atom. The Kier molecular flexibility index (Phi) is 10.5. The second-order valence-electron chi connectivity index (χ2n) is 6.40. The van der Waals surface area contributed by atoms with Crippen molar-refractivity contribution in [1.82, 2.24) is 0 Å². The Morgan fingerprint density at radius 1 is 1.03 bits per heavy atom. The molecule has 17 heteroatoms. The third-order valence-electron chi connectivity index (χ3n) is 4.12. The maximum absolute atomic E-state index is 12.9. The zero-order chi connectivity index (χ0) is 23.6. The van der Waals surface area contributed by atoms with Crippen molar-refractivity contribution < 1.29 is 91.2 Å². The molecule has 5 atom stereocenters. The molecule has 0 spiro atoms. The number of rotatable bonds is 8. The molecule has 2 N–H and O–H groups in total. The third-order valence-corrected chi connectivity index (χ3v) is 5.05. The van der Waals surface area contributed by atoms with Crippen molar-refractivity contribution >= 4 is 20.8 Å². The van der Waals surface area contributed by atoms with Crippen LogP contribution in [-0.2, 0) is 56.2 Å². The minimum absolute atomic E-state index is 0. The van der Waals surface area contributed by atoms with Crippen LogP contribution in [0.4, 0.5) is 13.2 Å². The van der Waals surface area contributed by atoms with Gasteiger partial charge in [0.25, 0.3) is 0 Å². The van der Waals surface area contributed by atoms with Gasteiger partial charge in [-0.2, -0.15) is 30.0 Å². The quantitative estimate of drug-likeness (QED) is 0.300. The van der Waals surface area contributed by atoms with E-state index in [0.717, 1.165) is 25.3 Å². The Morgan fingerprint density at radius 2 is 1.59 bits per heavy atom. The maximum Gasteiger partial charge on any atom is 1.00 e. The van der Waals surface area contributed by atoms with Gasteiger partial charge in [0.15, 0.2) is 12.4 Å². The van der Waals surface area contributed by atoms with Gasteiger partial charge in [-0.15, -0.1) is 0 Å². The number of ether oxygens (including phenoxy) is 3. The molecule has 0 amide bonds. The number of hydrogen-bond acceptors (Lipinski definition) is 9. The molecule has 0 radical (unpaired) electrons. The van der Waals surface area contributed by atoms with Crippen LogP contribution in [0.3, 0.4) is 0 Å². The van der Waals surface area contributed by atoms with E-state index in [9.17, 15) is 30.0 Å². The molecule has 1 heterocycles. The molecule has 1 aliphatic rings. The van der Waals surface area contributed by atoms with Gasteiger partial charge in [-0.05, 0) is 24.6 Å². The molecule has 32 heavy (non-hydrogen) atoms. The summed E-state index contributed by atoms with van der Waals surface area (Å²) in [6, 6.07) is 4.04. The molecule has 1 saturated heterocycles. The van der Waals surface area contributed by atoms with Crippen LogP contribution in [0.2, 0.25) is 0 Å². The minimum Gasteiger partial charge on any atom is -0.368 e. The number of alkyl halides is 3. The first-order valence-corrected chi connectivity index (χ1v) is 11.1. The molecule has 11 nitrogen and oxygen atoms in total. The van der Waals surface area contributed by atoms with Gasteiger partial charge in [-0.1, -0.05) is 12.1 Å². The summed E-state index contributed by atoms with van der Waals surface area (Å²) in [6.45, 7) is 0.830. The first kappa shape index (κ1) is 29.7. The van der Waals surface area contributed by atoms with Gasteiger partial charge < -0.3 is 14.2 Å². The smallest absolute Gasteiger partial charge is 0.368 e. The molecule has 0 unspecified atom stereocenters. The Balaban J connectivity index is 0.00000512. The van der Waals surface area contributed by atoms with Crippen molar-refractivity contribution in [1.29, 1.82) is 0 Å². The molecule has 1 aliphatic heterocycles. The standard InChI is InChI=1S/C15H19F3O11S2.Na/c1-8-11(26-7-9-4-3-5-10(6-9)15(16,17)18)12(28-30(19,20)21)13(14(25-2)27-8)29-31(22,23)24;/h3-6,8,11-14H,7H2,1-2H3,(H,19,20,21)(H,22,23,24);/q;+1/t8-,11-,12+,13+,14+;/m0./s1. The average Bonchev–Trinajstić information content (AvgIpc) is 2.60. The van der Waals surface area contributed by atoms with E-state index in [4.69, 9.17) is 23.3 Å². The molecule has 0 aromatic heterocycles. The van der Waals surface area contributed by atoms with Crippen LogP contribution in [0.15, 0.2) is 24.3 Å². The second kappa shape index (κ2) is 11.4. The Bertz CT molecular complexity index is 971. The molecule has 1 fully saturated rings. The van der Waals surface area contributed by atoms with Gasteiger partial charge >= 0.3 is 56.5 Å². The van der Waals surface area contributed by atoms with Crippen molar-refractivity contribution in [2.24, 2.45) is 0 Å². The Hall–Kier alpha value is -0.370. The number of halogens is 3. The first-order chi connectivity index (χ1) is 14.1. The van der Waals surface area contributed by atoms with Gasteiger partial charge in [0, 0.05) is 7.11 Å². The summed E-state index contributed by atoms with van der Waals surface area (Å²) < 4.78 is 126. The minimum atomic E-state index is -5.21. The predicted molar refractivity (Wildman–Crippen MR) is 94.2 cm³/mol. The zero-order valence-electron chi connectivity index (χ0n) is 16.9. The number of hydrogen-bond donors (Lipinski definition) is 2. The molecule has 0 saturated carbocycles. The van der Waals surface area contributed by atoms with Crippen LogP contribution in [0.25, 0.3) is 0 Å². The summed E-state index contributed by atoms with van der Waals surface area (Å²) >= 11 is 0. The van der Waals surface area contributed by atoms with E-state index in [1.54, 1.807) is 0 Å².